The van der Waals surface area contributed by atoms with Gasteiger partial charge in [-0.05, 0) is 6.42 Å². The second-order valence-electron chi connectivity index (χ2n) is 2.13. The Hall–Kier alpha value is 0.210. The van der Waals surface area contributed by atoms with Crippen molar-refractivity contribution < 1.29 is 4.74 Å². The van der Waals surface area contributed by atoms with Gasteiger partial charge in [0.2, 0.25) is 0 Å². The Kier molecular flexibility index (Phi) is 5.15. The van der Waals surface area contributed by atoms with E-state index in [0.717, 1.165) is 19.8 Å². The first kappa shape index (κ1) is 9.21. The Morgan fingerprint density at radius 2 is 2.44 bits per heavy atom. The molecule has 0 aromatic heterocycles. The topological polar surface area (TPSA) is 21.3 Å². The van der Waals surface area contributed by atoms with Crippen molar-refractivity contribution in [1.29, 1.82) is 0 Å². The number of morpholine rings is 1. The largest absolute Gasteiger partial charge is 0.379 e. The summed E-state index contributed by atoms with van der Waals surface area (Å²) in [5.74, 6) is 0. The minimum atomic E-state index is 0. The highest BCUT2D eigenvalue weighted by Gasteiger charge is 2.08. The Morgan fingerprint density at radius 3 is 2.78 bits per heavy atom. The van der Waals surface area contributed by atoms with Crippen molar-refractivity contribution in [1.82, 2.24) is 5.32 Å². The fraction of sp³-hybridized carbons (Fsp3) is 1.00. The lowest BCUT2D eigenvalue weighted by atomic mass is 10.2. The van der Waals surface area contributed by atoms with Crippen LogP contribution >= 0.6 is 12.4 Å². The molecule has 3 heteroatoms. The van der Waals surface area contributed by atoms with Gasteiger partial charge in [-0.3, -0.25) is 0 Å². The molecule has 1 aliphatic rings. The van der Waals surface area contributed by atoms with Crippen LogP contribution in [0, 0.1) is 0 Å². The molecule has 1 heterocycles. The second kappa shape index (κ2) is 5.03. The third kappa shape index (κ3) is 3.04. The maximum absolute atomic E-state index is 5.21. The smallest absolute Gasteiger partial charge is 0.0620 e. The molecule has 0 unspecified atom stereocenters. The van der Waals surface area contributed by atoms with Gasteiger partial charge in [-0.25, -0.2) is 0 Å². The maximum atomic E-state index is 5.21. The predicted molar refractivity (Wildman–Crippen MR) is 40.1 cm³/mol. The van der Waals surface area contributed by atoms with E-state index in [4.69, 9.17) is 4.74 Å². The summed E-state index contributed by atoms with van der Waals surface area (Å²) in [6.45, 7) is 4.98. The van der Waals surface area contributed by atoms with E-state index in [1.54, 1.807) is 0 Å². The number of halogens is 1. The van der Waals surface area contributed by atoms with Crippen LogP contribution in [-0.4, -0.2) is 25.8 Å². The average molecular weight is 152 g/mol. The predicted octanol–water partition coefficient (Wildman–Crippen LogP) is 0.807. The molecule has 1 saturated heterocycles. The van der Waals surface area contributed by atoms with E-state index in [9.17, 15) is 0 Å². The summed E-state index contributed by atoms with van der Waals surface area (Å²) in [5, 5.41) is 3.34. The summed E-state index contributed by atoms with van der Waals surface area (Å²) in [6, 6.07) is 0.615. The Morgan fingerprint density at radius 1 is 1.67 bits per heavy atom. The van der Waals surface area contributed by atoms with Crippen LogP contribution in [0.4, 0.5) is 0 Å². The Balaban J connectivity index is 0.000000640. The molecule has 1 atom stereocenters. The number of rotatable bonds is 1. The molecule has 0 aliphatic carbocycles. The van der Waals surface area contributed by atoms with Gasteiger partial charge in [-0.15, -0.1) is 12.4 Å². The molecule has 1 rings (SSSR count). The summed E-state index contributed by atoms with van der Waals surface area (Å²) >= 11 is 0. The average Bonchev–Trinajstić information content (AvgIpc) is 1.90. The quantitative estimate of drug-likeness (QED) is 0.599. The number of ether oxygens (including phenoxy) is 1. The number of nitrogens with one attached hydrogen (secondary N) is 1. The van der Waals surface area contributed by atoms with E-state index in [1.165, 1.54) is 6.42 Å². The zero-order valence-electron chi connectivity index (χ0n) is 5.72. The molecule has 1 fully saturated rings. The summed E-state index contributed by atoms with van der Waals surface area (Å²) in [5.41, 5.74) is 0. The third-order valence-corrected chi connectivity index (χ3v) is 1.49. The zero-order chi connectivity index (χ0) is 5.82. The van der Waals surface area contributed by atoms with Crippen LogP contribution in [0.3, 0.4) is 0 Å². The molecule has 2 nitrogen and oxygen atoms in total. The second-order valence-corrected chi connectivity index (χ2v) is 2.13. The van der Waals surface area contributed by atoms with Crippen molar-refractivity contribution in [3.05, 3.63) is 0 Å². The van der Waals surface area contributed by atoms with Gasteiger partial charge >= 0.3 is 0 Å². The molecule has 1 N–H and O–H groups in total. The molecule has 0 bridgehead atoms. The van der Waals surface area contributed by atoms with Crippen LogP contribution in [0.25, 0.3) is 0 Å². The summed E-state index contributed by atoms with van der Waals surface area (Å²) in [6.07, 6.45) is 1.18. The Labute approximate surface area is 62.4 Å². The molecule has 9 heavy (non-hydrogen) atoms. The number of hydrogen-bond donors (Lipinski definition) is 1. The SMILES string of the molecule is CC[C@H]1COCCN1.Cl. The maximum Gasteiger partial charge on any atom is 0.0620 e. The normalized spacial score (nSPS) is 27.0. The minimum Gasteiger partial charge on any atom is -0.379 e. The van der Waals surface area contributed by atoms with Crippen LogP contribution < -0.4 is 5.32 Å². The third-order valence-electron chi connectivity index (χ3n) is 1.49. The first-order chi connectivity index (χ1) is 3.93. The van der Waals surface area contributed by atoms with E-state index in [2.05, 4.69) is 12.2 Å². The van der Waals surface area contributed by atoms with Crippen LogP contribution in [0.1, 0.15) is 13.3 Å². The van der Waals surface area contributed by atoms with Gasteiger partial charge in [0, 0.05) is 12.6 Å². The molecule has 0 amide bonds. The number of hydrogen-bond acceptors (Lipinski definition) is 2. The summed E-state index contributed by atoms with van der Waals surface area (Å²) < 4.78 is 5.21. The van der Waals surface area contributed by atoms with Crippen molar-refractivity contribution in [3.8, 4) is 0 Å². The molecule has 0 spiro atoms. The van der Waals surface area contributed by atoms with Gasteiger partial charge in [0.15, 0.2) is 0 Å². The van der Waals surface area contributed by atoms with Crippen molar-refractivity contribution in [3.63, 3.8) is 0 Å². The lowest BCUT2D eigenvalue weighted by molar-refractivity contribution is 0.0758. The van der Waals surface area contributed by atoms with Gasteiger partial charge in [-0.2, -0.15) is 0 Å². The highest BCUT2D eigenvalue weighted by molar-refractivity contribution is 5.85. The summed E-state index contributed by atoms with van der Waals surface area (Å²) in [4.78, 5) is 0. The Bertz CT molecular complexity index is 64.1. The first-order valence-electron chi connectivity index (χ1n) is 3.24. The van der Waals surface area contributed by atoms with E-state index in [1.807, 2.05) is 0 Å². The van der Waals surface area contributed by atoms with Crippen molar-refractivity contribution in [2.75, 3.05) is 19.8 Å². The van der Waals surface area contributed by atoms with E-state index < -0.39 is 0 Å². The highest BCUT2D eigenvalue weighted by Crippen LogP contribution is 1.95. The standard InChI is InChI=1S/C6H13NO.ClH/c1-2-6-5-8-4-3-7-6;/h6-7H,2-5H2,1H3;1H/t6-;/m0./s1. The zero-order valence-corrected chi connectivity index (χ0v) is 6.54. The molecule has 56 valence electrons. The fourth-order valence-electron chi connectivity index (χ4n) is 0.882. The van der Waals surface area contributed by atoms with Gasteiger partial charge in [0.05, 0.1) is 13.2 Å². The van der Waals surface area contributed by atoms with Crippen LogP contribution in [0.5, 0.6) is 0 Å². The van der Waals surface area contributed by atoms with Gasteiger partial charge in [0.25, 0.3) is 0 Å². The van der Waals surface area contributed by atoms with Crippen molar-refractivity contribution in [2.45, 2.75) is 19.4 Å². The van der Waals surface area contributed by atoms with Crippen LogP contribution in [0.2, 0.25) is 0 Å². The fourth-order valence-corrected chi connectivity index (χ4v) is 0.882. The van der Waals surface area contributed by atoms with Crippen LogP contribution in [-0.2, 0) is 4.74 Å². The lowest BCUT2D eigenvalue weighted by Crippen LogP contribution is -2.40. The highest BCUT2D eigenvalue weighted by atomic mass is 35.5. The lowest BCUT2D eigenvalue weighted by Gasteiger charge is -2.21. The van der Waals surface area contributed by atoms with Gasteiger partial charge in [-0.1, -0.05) is 6.92 Å². The molecule has 0 aromatic rings. The van der Waals surface area contributed by atoms with Crippen LogP contribution in [0.15, 0.2) is 0 Å². The molecular weight excluding hydrogens is 138 g/mol. The van der Waals surface area contributed by atoms with Gasteiger partial charge in [0.1, 0.15) is 0 Å². The van der Waals surface area contributed by atoms with E-state index >= 15 is 0 Å². The van der Waals surface area contributed by atoms with Crippen molar-refractivity contribution >= 4 is 12.4 Å². The molecule has 0 radical (unpaired) electrons. The minimum absolute atomic E-state index is 0. The molecule has 0 saturated carbocycles. The van der Waals surface area contributed by atoms with Crippen molar-refractivity contribution in [2.24, 2.45) is 0 Å². The molecule has 0 aromatic carbocycles. The molecule has 1 aliphatic heterocycles. The molecular formula is C6H14ClNO. The van der Waals surface area contributed by atoms with Gasteiger partial charge < -0.3 is 10.1 Å². The monoisotopic (exact) mass is 151 g/mol. The first-order valence-corrected chi connectivity index (χ1v) is 3.24. The summed E-state index contributed by atoms with van der Waals surface area (Å²) in [7, 11) is 0. The van der Waals surface area contributed by atoms with E-state index in [0.29, 0.717) is 6.04 Å². The van der Waals surface area contributed by atoms with E-state index in [-0.39, 0.29) is 12.4 Å².